The Morgan fingerprint density at radius 2 is 1.63 bits per heavy atom. The molecule has 1 saturated heterocycles. The zero-order valence-corrected chi connectivity index (χ0v) is 17.0. The van der Waals surface area contributed by atoms with E-state index in [0.717, 1.165) is 22.4 Å². The monoisotopic (exact) mass is 398 g/mol. The number of aryl methyl sites for hydroxylation is 1. The largest absolute Gasteiger partial charge is 0.497 e. The number of nitrogens with zero attached hydrogens (tertiary/aromatic N) is 2. The predicted octanol–water partition coefficient (Wildman–Crippen LogP) is 3.82. The topological polar surface area (TPSA) is 49.9 Å². The van der Waals surface area contributed by atoms with Gasteiger partial charge in [0.15, 0.2) is 5.66 Å². The number of hydrogen-bond acceptors (Lipinski definition) is 3. The molecule has 150 valence electrons. The fourth-order valence-corrected chi connectivity index (χ4v) is 4.72. The van der Waals surface area contributed by atoms with Crippen LogP contribution in [0.5, 0.6) is 5.75 Å². The third-order valence-corrected chi connectivity index (χ3v) is 6.14. The van der Waals surface area contributed by atoms with Gasteiger partial charge in [0.25, 0.3) is 11.8 Å². The molecule has 3 aromatic carbocycles. The molecule has 1 unspecified atom stereocenters. The summed E-state index contributed by atoms with van der Waals surface area (Å²) in [6.45, 7) is 2.95. The van der Waals surface area contributed by atoms with Crippen molar-refractivity contribution in [1.82, 2.24) is 9.80 Å². The molecule has 0 spiro atoms. The fourth-order valence-electron chi connectivity index (χ4n) is 4.72. The minimum absolute atomic E-state index is 0.0411. The van der Waals surface area contributed by atoms with Crippen molar-refractivity contribution in [2.24, 2.45) is 0 Å². The summed E-state index contributed by atoms with van der Waals surface area (Å²) in [5.41, 5.74) is 3.13. The van der Waals surface area contributed by atoms with Gasteiger partial charge >= 0.3 is 0 Å². The molecule has 2 heterocycles. The number of carbonyl (C=O) groups is 2. The summed E-state index contributed by atoms with van der Waals surface area (Å²) in [4.78, 5) is 30.6. The van der Waals surface area contributed by atoms with E-state index in [4.69, 9.17) is 4.74 Å². The minimum atomic E-state index is -0.956. The van der Waals surface area contributed by atoms with Gasteiger partial charge in [0.1, 0.15) is 5.75 Å². The average molecular weight is 398 g/mol. The third-order valence-electron chi connectivity index (χ3n) is 6.14. The van der Waals surface area contributed by atoms with E-state index in [1.54, 1.807) is 7.11 Å². The fraction of sp³-hybridized carbons (Fsp3) is 0.200. The molecule has 3 aromatic rings. The quantitative estimate of drug-likeness (QED) is 0.674. The van der Waals surface area contributed by atoms with Crippen LogP contribution in [0, 0.1) is 6.92 Å². The van der Waals surface area contributed by atoms with Crippen molar-refractivity contribution in [1.29, 1.82) is 0 Å². The van der Waals surface area contributed by atoms with E-state index in [1.807, 2.05) is 89.5 Å². The SMILES string of the molecule is COc1ccc(C23c4ccccc4C(=O)N2CCN3C(=O)c2ccc(C)cc2)cc1. The highest BCUT2D eigenvalue weighted by Gasteiger charge is 2.59. The van der Waals surface area contributed by atoms with Crippen LogP contribution in [0.1, 0.15) is 37.4 Å². The zero-order chi connectivity index (χ0) is 20.9. The minimum Gasteiger partial charge on any atom is -0.497 e. The maximum absolute atomic E-state index is 13.7. The molecule has 2 amide bonds. The molecule has 1 atom stereocenters. The third kappa shape index (κ3) is 2.41. The number of fused-ring (bicyclic) bond motifs is 3. The van der Waals surface area contributed by atoms with Gasteiger partial charge in [-0.15, -0.1) is 0 Å². The zero-order valence-electron chi connectivity index (χ0n) is 17.0. The number of carbonyl (C=O) groups excluding carboxylic acids is 2. The highest BCUT2D eigenvalue weighted by Crippen LogP contribution is 2.50. The summed E-state index contributed by atoms with van der Waals surface area (Å²) in [5, 5.41) is 0. The molecule has 5 rings (SSSR count). The van der Waals surface area contributed by atoms with Crippen LogP contribution in [0.3, 0.4) is 0 Å². The number of hydrogen-bond donors (Lipinski definition) is 0. The van der Waals surface area contributed by atoms with E-state index in [0.29, 0.717) is 24.2 Å². The standard InChI is InChI=1S/C25H22N2O3/c1-17-7-9-18(10-8-17)23(28)26-15-16-27-24(29)21-5-3-4-6-22(21)25(26,27)19-11-13-20(30-2)14-12-19/h3-14H,15-16H2,1-2H3. The van der Waals surface area contributed by atoms with E-state index < -0.39 is 5.66 Å². The molecule has 0 N–H and O–H groups in total. The molecule has 0 aromatic heterocycles. The second-order valence-corrected chi connectivity index (χ2v) is 7.73. The number of amides is 2. The first-order valence-electron chi connectivity index (χ1n) is 10.0. The molecule has 5 nitrogen and oxygen atoms in total. The Balaban J connectivity index is 1.72. The van der Waals surface area contributed by atoms with Crippen LogP contribution in [-0.2, 0) is 5.66 Å². The average Bonchev–Trinajstić information content (AvgIpc) is 3.30. The molecular formula is C25H22N2O3. The normalized spacial score (nSPS) is 19.6. The second kappa shape index (κ2) is 6.73. The molecule has 0 bridgehead atoms. The Bertz CT molecular complexity index is 1140. The first-order chi connectivity index (χ1) is 14.6. The van der Waals surface area contributed by atoms with Gasteiger partial charge in [-0.25, -0.2) is 0 Å². The summed E-state index contributed by atoms with van der Waals surface area (Å²) in [6, 6.07) is 22.8. The van der Waals surface area contributed by atoms with Gasteiger partial charge in [-0.1, -0.05) is 48.0 Å². The van der Waals surface area contributed by atoms with Gasteiger partial charge in [0, 0.05) is 35.3 Å². The molecule has 1 fully saturated rings. The number of ether oxygens (including phenoxy) is 1. The smallest absolute Gasteiger partial charge is 0.256 e. The Morgan fingerprint density at radius 3 is 2.33 bits per heavy atom. The van der Waals surface area contributed by atoms with E-state index >= 15 is 0 Å². The molecule has 2 aliphatic rings. The van der Waals surface area contributed by atoms with E-state index in [-0.39, 0.29) is 11.8 Å². The van der Waals surface area contributed by atoms with Crippen molar-refractivity contribution in [3.05, 3.63) is 101 Å². The summed E-state index contributed by atoms with van der Waals surface area (Å²) in [6.07, 6.45) is 0. The van der Waals surface area contributed by atoms with E-state index in [9.17, 15) is 9.59 Å². The predicted molar refractivity (Wildman–Crippen MR) is 113 cm³/mol. The van der Waals surface area contributed by atoms with Crippen molar-refractivity contribution in [2.45, 2.75) is 12.6 Å². The van der Waals surface area contributed by atoms with E-state index in [2.05, 4.69) is 0 Å². The van der Waals surface area contributed by atoms with Crippen LogP contribution >= 0.6 is 0 Å². The summed E-state index contributed by atoms with van der Waals surface area (Å²) in [5.74, 6) is 0.604. The second-order valence-electron chi connectivity index (χ2n) is 7.73. The number of methoxy groups -OCH3 is 1. The van der Waals surface area contributed by atoms with Crippen LogP contribution < -0.4 is 4.74 Å². The summed E-state index contributed by atoms with van der Waals surface area (Å²) >= 11 is 0. The van der Waals surface area contributed by atoms with Crippen molar-refractivity contribution < 1.29 is 14.3 Å². The van der Waals surface area contributed by atoms with Gasteiger partial charge in [-0.3, -0.25) is 9.59 Å². The van der Waals surface area contributed by atoms with Crippen LogP contribution in [-0.4, -0.2) is 41.8 Å². The first-order valence-corrected chi connectivity index (χ1v) is 10.0. The summed E-state index contributed by atoms with van der Waals surface area (Å²) in [7, 11) is 1.62. The van der Waals surface area contributed by atoms with Crippen LogP contribution in [0.2, 0.25) is 0 Å². The van der Waals surface area contributed by atoms with Gasteiger partial charge in [0.05, 0.1) is 7.11 Å². The van der Waals surface area contributed by atoms with Gasteiger partial charge in [-0.05, 0) is 37.3 Å². The Kier molecular flexibility index (Phi) is 4.13. The lowest BCUT2D eigenvalue weighted by atomic mass is 9.89. The molecule has 0 radical (unpaired) electrons. The van der Waals surface area contributed by atoms with Crippen LogP contribution in [0.4, 0.5) is 0 Å². The molecule has 5 heteroatoms. The Morgan fingerprint density at radius 1 is 0.933 bits per heavy atom. The molecular weight excluding hydrogens is 376 g/mol. The van der Waals surface area contributed by atoms with E-state index in [1.165, 1.54) is 0 Å². The van der Waals surface area contributed by atoms with Crippen molar-refractivity contribution in [3.8, 4) is 5.75 Å². The first kappa shape index (κ1) is 18.4. The lowest BCUT2D eigenvalue weighted by molar-refractivity contribution is 0.0375. The van der Waals surface area contributed by atoms with Crippen LogP contribution in [0.15, 0.2) is 72.8 Å². The van der Waals surface area contributed by atoms with Gasteiger partial charge in [-0.2, -0.15) is 0 Å². The number of rotatable bonds is 3. The van der Waals surface area contributed by atoms with Gasteiger partial charge < -0.3 is 14.5 Å². The lowest BCUT2D eigenvalue weighted by Gasteiger charge is -2.40. The van der Waals surface area contributed by atoms with Crippen LogP contribution in [0.25, 0.3) is 0 Å². The molecule has 0 saturated carbocycles. The van der Waals surface area contributed by atoms with Crippen molar-refractivity contribution >= 4 is 11.8 Å². The lowest BCUT2D eigenvalue weighted by Crippen LogP contribution is -2.51. The Hall–Kier alpha value is -3.60. The highest BCUT2D eigenvalue weighted by molar-refractivity contribution is 6.03. The highest BCUT2D eigenvalue weighted by atomic mass is 16.5. The maximum Gasteiger partial charge on any atom is 0.256 e. The van der Waals surface area contributed by atoms with Crippen molar-refractivity contribution in [2.75, 3.05) is 20.2 Å². The molecule has 2 aliphatic heterocycles. The van der Waals surface area contributed by atoms with Crippen molar-refractivity contribution in [3.63, 3.8) is 0 Å². The molecule has 0 aliphatic carbocycles. The maximum atomic E-state index is 13.7. The van der Waals surface area contributed by atoms with Gasteiger partial charge in [0.2, 0.25) is 0 Å². The number of benzene rings is 3. The summed E-state index contributed by atoms with van der Waals surface area (Å²) < 4.78 is 5.33. The Labute approximate surface area is 175 Å². The molecule has 30 heavy (non-hydrogen) atoms.